The third kappa shape index (κ3) is 3.16. The monoisotopic (exact) mass is 198 g/mol. The Morgan fingerprint density at radius 3 is 2.77 bits per heavy atom. The maximum Gasteiger partial charge on any atom is 0.231 e. The van der Waals surface area contributed by atoms with Gasteiger partial charge in [-0.05, 0) is 25.5 Å². The highest BCUT2D eigenvalue weighted by Gasteiger charge is 2.02. The highest BCUT2D eigenvalue weighted by atomic mass is 32.1. The van der Waals surface area contributed by atoms with Crippen LogP contribution in [0, 0.1) is 13.8 Å². The molecule has 0 aliphatic rings. The highest BCUT2D eigenvalue weighted by Crippen LogP contribution is 2.19. The third-order valence-corrected chi connectivity index (χ3v) is 2.77. The third-order valence-electron chi connectivity index (χ3n) is 1.76. The summed E-state index contributed by atoms with van der Waals surface area (Å²) in [6.45, 7) is 5.13. The Kier molecular flexibility index (Phi) is 3.45. The zero-order valence-electron chi connectivity index (χ0n) is 7.89. The van der Waals surface area contributed by atoms with Gasteiger partial charge >= 0.3 is 0 Å². The van der Waals surface area contributed by atoms with Gasteiger partial charge in [0.25, 0.3) is 0 Å². The average Bonchev–Trinajstić information content (AvgIpc) is 2.29. The molecule has 1 amide bonds. The smallest absolute Gasteiger partial charge is 0.231 e. The van der Waals surface area contributed by atoms with Gasteiger partial charge in [0.15, 0.2) is 0 Å². The predicted molar refractivity (Wildman–Crippen MR) is 54.7 cm³/mol. The second kappa shape index (κ2) is 4.39. The lowest BCUT2D eigenvalue weighted by molar-refractivity contribution is -0.117. The normalized spacial score (nSPS) is 10.3. The summed E-state index contributed by atoms with van der Waals surface area (Å²) in [6.07, 6.45) is 0. The molecule has 0 aliphatic heterocycles. The topological polar surface area (TPSA) is 55.1 Å². The fraction of sp³-hybridized carbons (Fsp3) is 0.444. The molecule has 0 aliphatic carbocycles. The number of nitrogens with one attached hydrogen (secondary N) is 1. The van der Waals surface area contributed by atoms with Crippen LogP contribution in [0.15, 0.2) is 6.07 Å². The second-order valence-electron chi connectivity index (χ2n) is 3.01. The highest BCUT2D eigenvalue weighted by molar-refractivity contribution is 7.12. The lowest BCUT2D eigenvalue weighted by Gasteiger charge is -2.00. The van der Waals surface area contributed by atoms with E-state index in [0.29, 0.717) is 0 Å². The van der Waals surface area contributed by atoms with Crippen molar-refractivity contribution in [1.82, 2.24) is 5.32 Å². The number of carbonyl (C=O) groups excluding carboxylic acids is 1. The number of aryl methyl sites for hydroxylation is 2. The van der Waals surface area contributed by atoms with Crippen LogP contribution in [0.2, 0.25) is 0 Å². The molecule has 13 heavy (non-hydrogen) atoms. The number of hydrogen-bond donors (Lipinski definition) is 2. The maximum absolute atomic E-state index is 10.4. The van der Waals surface area contributed by atoms with Crippen molar-refractivity contribution in [2.45, 2.75) is 20.4 Å². The standard InChI is InChI=1S/C9H14N2OS/c1-6-3-8(7(2)13-6)4-11-5-9(10)12/h3,11H,4-5H2,1-2H3,(H2,10,12). The van der Waals surface area contributed by atoms with Crippen molar-refractivity contribution < 1.29 is 4.79 Å². The van der Waals surface area contributed by atoms with Gasteiger partial charge in [0.1, 0.15) is 0 Å². The van der Waals surface area contributed by atoms with Crippen LogP contribution in [0.3, 0.4) is 0 Å². The Hall–Kier alpha value is -0.870. The maximum atomic E-state index is 10.4. The van der Waals surface area contributed by atoms with E-state index < -0.39 is 0 Å². The number of rotatable bonds is 4. The zero-order valence-corrected chi connectivity index (χ0v) is 8.70. The van der Waals surface area contributed by atoms with Gasteiger partial charge in [-0.1, -0.05) is 0 Å². The molecule has 72 valence electrons. The van der Waals surface area contributed by atoms with Crippen molar-refractivity contribution in [3.63, 3.8) is 0 Å². The lowest BCUT2D eigenvalue weighted by Crippen LogP contribution is -2.28. The molecule has 1 rings (SSSR count). The fourth-order valence-corrected chi connectivity index (χ4v) is 2.13. The summed E-state index contributed by atoms with van der Waals surface area (Å²) in [5, 5.41) is 2.99. The SMILES string of the molecule is Cc1cc(CNCC(N)=O)c(C)s1. The molecule has 4 heteroatoms. The quantitative estimate of drug-likeness (QED) is 0.756. The molecule has 1 heterocycles. The largest absolute Gasteiger partial charge is 0.369 e. The van der Waals surface area contributed by atoms with Crippen LogP contribution in [0.4, 0.5) is 0 Å². The molecule has 3 N–H and O–H groups in total. The summed E-state index contributed by atoms with van der Waals surface area (Å²) >= 11 is 1.77. The van der Waals surface area contributed by atoms with E-state index in [1.165, 1.54) is 15.3 Å². The molecule has 0 atom stereocenters. The van der Waals surface area contributed by atoms with Crippen molar-refractivity contribution >= 4 is 17.2 Å². The van der Waals surface area contributed by atoms with E-state index >= 15 is 0 Å². The number of amides is 1. The molecule has 0 aromatic carbocycles. The van der Waals surface area contributed by atoms with Crippen LogP contribution >= 0.6 is 11.3 Å². The molecule has 3 nitrogen and oxygen atoms in total. The Balaban J connectivity index is 2.45. The number of carbonyl (C=O) groups is 1. The number of thiophene rings is 1. The van der Waals surface area contributed by atoms with Gasteiger partial charge in [0.05, 0.1) is 6.54 Å². The van der Waals surface area contributed by atoms with Crippen LogP contribution < -0.4 is 11.1 Å². The minimum Gasteiger partial charge on any atom is -0.369 e. The summed E-state index contributed by atoms with van der Waals surface area (Å²) in [4.78, 5) is 13.0. The molecule has 0 bridgehead atoms. The summed E-state index contributed by atoms with van der Waals surface area (Å²) in [5.74, 6) is -0.315. The molecule has 0 unspecified atom stereocenters. The van der Waals surface area contributed by atoms with Crippen molar-refractivity contribution in [1.29, 1.82) is 0 Å². The van der Waals surface area contributed by atoms with E-state index in [1.807, 2.05) is 0 Å². The Labute approximate surface area is 81.9 Å². The first kappa shape index (κ1) is 10.2. The molecular weight excluding hydrogens is 184 g/mol. The minimum atomic E-state index is -0.315. The minimum absolute atomic E-state index is 0.244. The van der Waals surface area contributed by atoms with Crippen molar-refractivity contribution in [2.75, 3.05) is 6.54 Å². The first-order chi connectivity index (χ1) is 6.09. The predicted octanol–water partition coefficient (Wildman–Crippen LogP) is 0.940. The van der Waals surface area contributed by atoms with Gasteiger partial charge in [-0.25, -0.2) is 0 Å². The molecule has 0 fully saturated rings. The van der Waals surface area contributed by atoms with E-state index in [1.54, 1.807) is 11.3 Å². The van der Waals surface area contributed by atoms with Gasteiger partial charge in [0.2, 0.25) is 5.91 Å². The Bertz CT molecular complexity index is 307. The first-order valence-corrected chi connectivity index (χ1v) is 4.96. The van der Waals surface area contributed by atoms with E-state index in [2.05, 4.69) is 25.2 Å². The number of hydrogen-bond acceptors (Lipinski definition) is 3. The molecule has 1 aromatic rings. The van der Waals surface area contributed by atoms with Gasteiger partial charge < -0.3 is 11.1 Å². The molecule has 0 radical (unpaired) electrons. The lowest BCUT2D eigenvalue weighted by atomic mass is 10.2. The molecule has 0 saturated carbocycles. The molecule has 1 aromatic heterocycles. The van der Waals surface area contributed by atoms with E-state index in [0.717, 1.165) is 6.54 Å². The van der Waals surface area contributed by atoms with Gasteiger partial charge in [-0.3, -0.25) is 4.79 Å². The van der Waals surface area contributed by atoms with Crippen molar-refractivity contribution in [3.8, 4) is 0 Å². The summed E-state index contributed by atoms with van der Waals surface area (Å²) in [6, 6.07) is 2.13. The summed E-state index contributed by atoms with van der Waals surface area (Å²) in [7, 11) is 0. The molecule has 0 saturated heterocycles. The van der Waals surface area contributed by atoms with Crippen LogP contribution in [-0.4, -0.2) is 12.5 Å². The van der Waals surface area contributed by atoms with Crippen LogP contribution in [-0.2, 0) is 11.3 Å². The Morgan fingerprint density at radius 1 is 1.62 bits per heavy atom. The van der Waals surface area contributed by atoms with Gasteiger partial charge in [0, 0.05) is 16.3 Å². The molecule has 0 spiro atoms. The first-order valence-electron chi connectivity index (χ1n) is 4.14. The van der Waals surface area contributed by atoms with E-state index in [4.69, 9.17) is 5.73 Å². The summed E-state index contributed by atoms with van der Waals surface area (Å²) in [5.41, 5.74) is 6.25. The average molecular weight is 198 g/mol. The fourth-order valence-electron chi connectivity index (χ4n) is 1.18. The van der Waals surface area contributed by atoms with E-state index in [-0.39, 0.29) is 12.5 Å². The van der Waals surface area contributed by atoms with Gasteiger partial charge in [-0.15, -0.1) is 11.3 Å². The van der Waals surface area contributed by atoms with Crippen LogP contribution in [0.5, 0.6) is 0 Å². The van der Waals surface area contributed by atoms with Crippen molar-refractivity contribution in [2.24, 2.45) is 5.73 Å². The number of primary amides is 1. The zero-order chi connectivity index (χ0) is 9.84. The van der Waals surface area contributed by atoms with Crippen LogP contribution in [0.1, 0.15) is 15.3 Å². The number of nitrogens with two attached hydrogens (primary N) is 1. The second-order valence-corrected chi connectivity index (χ2v) is 4.47. The summed E-state index contributed by atoms with van der Waals surface area (Å²) < 4.78 is 0. The van der Waals surface area contributed by atoms with Crippen LogP contribution in [0.25, 0.3) is 0 Å². The van der Waals surface area contributed by atoms with Gasteiger partial charge in [-0.2, -0.15) is 0 Å². The van der Waals surface area contributed by atoms with Crippen molar-refractivity contribution in [3.05, 3.63) is 21.4 Å². The molecular formula is C9H14N2OS. The van der Waals surface area contributed by atoms with E-state index in [9.17, 15) is 4.79 Å². The Morgan fingerprint density at radius 2 is 2.31 bits per heavy atom.